The summed E-state index contributed by atoms with van der Waals surface area (Å²) in [5, 5.41) is 10.7. The number of halogens is 2. The highest BCUT2D eigenvalue weighted by Gasteiger charge is 2.24. The van der Waals surface area contributed by atoms with E-state index in [1.165, 1.54) is 6.07 Å². The number of fused-ring (bicyclic) bond motifs is 3. The van der Waals surface area contributed by atoms with Crippen molar-refractivity contribution in [2.45, 2.75) is 6.54 Å². The largest absolute Gasteiger partial charge is 0.339 e. The smallest absolute Gasteiger partial charge is 0.213 e. The first-order valence-corrected chi connectivity index (χ1v) is 11.7. The van der Waals surface area contributed by atoms with Gasteiger partial charge in [0.05, 0.1) is 5.52 Å². The molecule has 0 amide bonds. The summed E-state index contributed by atoms with van der Waals surface area (Å²) in [6, 6.07) is 22.6. The lowest BCUT2D eigenvalue weighted by Gasteiger charge is -2.35. The molecular formula is C26H22ClFN6. The van der Waals surface area contributed by atoms with Gasteiger partial charge in [0.15, 0.2) is 11.5 Å². The van der Waals surface area contributed by atoms with Crippen molar-refractivity contribution in [3.8, 4) is 11.4 Å². The lowest BCUT2D eigenvalue weighted by atomic mass is 10.2. The summed E-state index contributed by atoms with van der Waals surface area (Å²) >= 11 is 6.11. The number of piperazine rings is 1. The molecule has 0 unspecified atom stereocenters. The summed E-state index contributed by atoms with van der Waals surface area (Å²) in [6.07, 6.45) is 0. The van der Waals surface area contributed by atoms with Crippen LogP contribution in [0.5, 0.6) is 0 Å². The van der Waals surface area contributed by atoms with Gasteiger partial charge in [-0.25, -0.2) is 13.8 Å². The van der Waals surface area contributed by atoms with Crippen LogP contribution in [-0.2, 0) is 6.54 Å². The molecule has 1 saturated heterocycles. The molecule has 6 rings (SSSR count). The van der Waals surface area contributed by atoms with Gasteiger partial charge in [-0.05, 0) is 42.5 Å². The SMILES string of the molecule is Fc1ccccc1CN1CCN(c2nc3ccccc3c3nnc(-c4ccc(Cl)cc4)n23)CC1. The van der Waals surface area contributed by atoms with Gasteiger partial charge in [0.2, 0.25) is 5.95 Å². The standard InChI is InChI=1S/C26H22ClFN6/c27-20-11-9-18(10-12-20)24-30-31-25-21-6-2-4-8-23(21)29-26(34(24)25)33-15-13-32(14-16-33)17-19-5-1-3-7-22(19)28/h1-12H,13-17H2. The molecule has 170 valence electrons. The van der Waals surface area contributed by atoms with E-state index in [9.17, 15) is 4.39 Å². The van der Waals surface area contributed by atoms with E-state index in [-0.39, 0.29) is 5.82 Å². The van der Waals surface area contributed by atoms with Crippen LogP contribution in [0.4, 0.5) is 10.3 Å². The molecule has 0 radical (unpaired) electrons. The Morgan fingerprint density at radius 3 is 2.35 bits per heavy atom. The number of nitrogens with zero attached hydrogens (tertiary/aromatic N) is 6. The van der Waals surface area contributed by atoms with E-state index in [4.69, 9.17) is 16.6 Å². The number of aromatic nitrogens is 4. The molecule has 3 aromatic carbocycles. The number of anilines is 1. The molecule has 3 heterocycles. The summed E-state index contributed by atoms with van der Waals surface area (Å²) in [7, 11) is 0. The first-order chi connectivity index (χ1) is 16.7. The zero-order valence-electron chi connectivity index (χ0n) is 18.4. The Kier molecular flexibility index (Phi) is 5.36. The van der Waals surface area contributed by atoms with Gasteiger partial charge in [0.25, 0.3) is 0 Å². The molecule has 1 aliphatic heterocycles. The fourth-order valence-electron chi connectivity index (χ4n) is 4.54. The number of hydrogen-bond donors (Lipinski definition) is 0. The highest BCUT2D eigenvalue weighted by atomic mass is 35.5. The minimum absolute atomic E-state index is 0.153. The molecule has 2 aromatic heterocycles. The Labute approximate surface area is 201 Å². The Balaban J connectivity index is 1.37. The fraction of sp³-hybridized carbons (Fsp3) is 0.192. The Morgan fingerprint density at radius 1 is 0.824 bits per heavy atom. The van der Waals surface area contributed by atoms with Crippen LogP contribution in [0, 0.1) is 5.82 Å². The maximum atomic E-state index is 14.1. The summed E-state index contributed by atoms with van der Waals surface area (Å²) in [6.45, 7) is 3.76. The van der Waals surface area contributed by atoms with Crippen LogP contribution >= 0.6 is 11.6 Å². The Hall–Kier alpha value is -3.55. The predicted octanol–water partition coefficient (Wildman–Crippen LogP) is 5.06. The average Bonchev–Trinajstić information content (AvgIpc) is 3.32. The summed E-state index contributed by atoms with van der Waals surface area (Å²) in [5.41, 5.74) is 3.31. The van der Waals surface area contributed by atoms with Crippen molar-refractivity contribution in [1.29, 1.82) is 0 Å². The van der Waals surface area contributed by atoms with Crippen LogP contribution in [0.15, 0.2) is 72.8 Å². The van der Waals surface area contributed by atoms with E-state index in [2.05, 4.69) is 20.0 Å². The molecule has 8 heteroatoms. The van der Waals surface area contributed by atoms with Crippen molar-refractivity contribution in [3.05, 3.63) is 89.2 Å². The molecule has 0 saturated carbocycles. The summed E-state index contributed by atoms with van der Waals surface area (Å²) in [5.74, 6) is 1.39. The molecule has 0 bridgehead atoms. The topological polar surface area (TPSA) is 49.6 Å². The van der Waals surface area contributed by atoms with Gasteiger partial charge in [-0.15, -0.1) is 10.2 Å². The molecule has 1 fully saturated rings. The number of hydrogen-bond acceptors (Lipinski definition) is 5. The van der Waals surface area contributed by atoms with Gasteiger partial charge < -0.3 is 4.90 Å². The van der Waals surface area contributed by atoms with Crippen molar-refractivity contribution in [2.75, 3.05) is 31.1 Å². The molecule has 0 atom stereocenters. The van der Waals surface area contributed by atoms with Crippen molar-refractivity contribution >= 4 is 34.1 Å². The second-order valence-corrected chi connectivity index (χ2v) is 8.91. The maximum absolute atomic E-state index is 14.1. The Morgan fingerprint density at radius 2 is 1.56 bits per heavy atom. The van der Waals surface area contributed by atoms with Crippen molar-refractivity contribution in [1.82, 2.24) is 24.5 Å². The minimum Gasteiger partial charge on any atom is -0.339 e. The molecular weight excluding hydrogens is 451 g/mol. The third-order valence-corrected chi connectivity index (χ3v) is 6.59. The monoisotopic (exact) mass is 472 g/mol. The summed E-state index contributed by atoms with van der Waals surface area (Å²) < 4.78 is 16.2. The normalized spacial score (nSPS) is 14.8. The number of benzene rings is 3. The van der Waals surface area contributed by atoms with Crippen LogP contribution in [0.2, 0.25) is 5.02 Å². The number of rotatable bonds is 4. The third kappa shape index (κ3) is 3.77. The van der Waals surface area contributed by atoms with E-state index in [1.807, 2.05) is 65.1 Å². The molecule has 34 heavy (non-hydrogen) atoms. The van der Waals surface area contributed by atoms with Crippen molar-refractivity contribution < 1.29 is 4.39 Å². The first-order valence-electron chi connectivity index (χ1n) is 11.3. The molecule has 1 aliphatic rings. The highest BCUT2D eigenvalue weighted by Crippen LogP contribution is 2.29. The molecule has 0 aliphatic carbocycles. The second-order valence-electron chi connectivity index (χ2n) is 8.47. The van der Waals surface area contributed by atoms with Gasteiger partial charge in [0, 0.05) is 54.3 Å². The van der Waals surface area contributed by atoms with Crippen LogP contribution < -0.4 is 4.90 Å². The van der Waals surface area contributed by atoms with E-state index in [0.29, 0.717) is 11.6 Å². The lowest BCUT2D eigenvalue weighted by molar-refractivity contribution is 0.245. The lowest BCUT2D eigenvalue weighted by Crippen LogP contribution is -2.47. The first kappa shape index (κ1) is 21.0. The highest BCUT2D eigenvalue weighted by molar-refractivity contribution is 6.30. The van der Waals surface area contributed by atoms with Gasteiger partial charge in [0.1, 0.15) is 5.82 Å². The predicted molar refractivity (Wildman–Crippen MR) is 133 cm³/mol. The fourth-order valence-corrected chi connectivity index (χ4v) is 4.66. The van der Waals surface area contributed by atoms with Crippen molar-refractivity contribution in [2.24, 2.45) is 0 Å². The van der Waals surface area contributed by atoms with Crippen LogP contribution in [0.3, 0.4) is 0 Å². The molecule has 5 aromatic rings. The van der Waals surface area contributed by atoms with E-state index in [1.54, 1.807) is 6.07 Å². The molecule has 0 N–H and O–H groups in total. The average molecular weight is 473 g/mol. The summed E-state index contributed by atoms with van der Waals surface area (Å²) in [4.78, 5) is 9.57. The zero-order chi connectivity index (χ0) is 23.1. The van der Waals surface area contributed by atoms with Gasteiger partial charge in [-0.1, -0.05) is 41.9 Å². The van der Waals surface area contributed by atoms with Crippen LogP contribution in [0.25, 0.3) is 27.9 Å². The second kappa shape index (κ2) is 8.66. The van der Waals surface area contributed by atoms with Gasteiger partial charge in [-0.2, -0.15) is 0 Å². The maximum Gasteiger partial charge on any atom is 0.213 e. The van der Waals surface area contributed by atoms with Crippen LogP contribution in [0.1, 0.15) is 5.56 Å². The van der Waals surface area contributed by atoms with E-state index in [0.717, 1.165) is 65.6 Å². The minimum atomic E-state index is -0.153. The third-order valence-electron chi connectivity index (χ3n) is 6.34. The van der Waals surface area contributed by atoms with E-state index < -0.39 is 0 Å². The molecule has 6 nitrogen and oxygen atoms in total. The zero-order valence-corrected chi connectivity index (χ0v) is 19.2. The Bertz CT molecular complexity index is 1470. The van der Waals surface area contributed by atoms with E-state index >= 15 is 0 Å². The van der Waals surface area contributed by atoms with Gasteiger partial charge in [-0.3, -0.25) is 4.90 Å². The van der Waals surface area contributed by atoms with Gasteiger partial charge >= 0.3 is 0 Å². The van der Waals surface area contributed by atoms with Crippen LogP contribution in [-0.4, -0.2) is 50.7 Å². The van der Waals surface area contributed by atoms with Crippen molar-refractivity contribution in [3.63, 3.8) is 0 Å². The molecule has 0 spiro atoms. The number of para-hydroxylation sites is 1. The quantitative estimate of drug-likeness (QED) is 0.366.